The Labute approximate surface area is 175 Å². The first-order chi connectivity index (χ1) is 13.9. The molecule has 0 saturated heterocycles. The highest BCUT2D eigenvalue weighted by Crippen LogP contribution is 2.41. The van der Waals surface area contributed by atoms with Gasteiger partial charge < -0.3 is 14.8 Å². The maximum absolute atomic E-state index is 12.8. The van der Waals surface area contributed by atoms with Crippen molar-refractivity contribution in [3.05, 3.63) is 69.9 Å². The maximum atomic E-state index is 12.8. The molecular formula is C22H24N2O4S. The Kier molecular flexibility index (Phi) is 8.10. The predicted molar refractivity (Wildman–Crippen MR) is 113 cm³/mol. The van der Waals surface area contributed by atoms with Gasteiger partial charge in [-0.2, -0.15) is 5.26 Å². The van der Waals surface area contributed by atoms with Gasteiger partial charge in [-0.1, -0.05) is 54.2 Å². The molecule has 1 heterocycles. The number of aryl methyl sites for hydroxylation is 1. The van der Waals surface area contributed by atoms with Gasteiger partial charge in [0.05, 0.1) is 40.5 Å². The van der Waals surface area contributed by atoms with E-state index in [1.165, 1.54) is 17.8 Å². The number of hydrogen-bond acceptors (Lipinski definition) is 7. The van der Waals surface area contributed by atoms with Gasteiger partial charge in [0.1, 0.15) is 6.61 Å². The molecule has 0 radical (unpaired) electrons. The molecule has 2 rings (SSSR count). The number of carbonyl (C=O) groups excluding carboxylic acids is 2. The van der Waals surface area contributed by atoms with Crippen molar-refractivity contribution in [2.75, 3.05) is 19.0 Å². The summed E-state index contributed by atoms with van der Waals surface area (Å²) in [6, 6.07) is 9.86. The molecule has 0 aliphatic carbocycles. The van der Waals surface area contributed by atoms with Gasteiger partial charge >= 0.3 is 11.9 Å². The molecule has 1 atom stereocenters. The fourth-order valence-corrected chi connectivity index (χ4v) is 3.83. The molecule has 1 aromatic carbocycles. The molecule has 0 unspecified atom stereocenters. The van der Waals surface area contributed by atoms with Crippen molar-refractivity contribution in [3.63, 3.8) is 0 Å². The minimum atomic E-state index is -0.594. The summed E-state index contributed by atoms with van der Waals surface area (Å²) in [6.07, 6.45) is 1.49. The Morgan fingerprint density at radius 2 is 1.97 bits per heavy atom. The molecule has 29 heavy (non-hydrogen) atoms. The van der Waals surface area contributed by atoms with Crippen LogP contribution >= 0.6 is 11.8 Å². The van der Waals surface area contributed by atoms with Crippen molar-refractivity contribution in [3.8, 4) is 6.07 Å². The number of dihydropyridines is 1. The molecule has 7 heteroatoms. The lowest BCUT2D eigenvalue weighted by Crippen LogP contribution is -2.29. The number of hydrogen-bond donors (Lipinski definition) is 1. The zero-order valence-electron chi connectivity index (χ0n) is 16.8. The largest absolute Gasteiger partial charge is 0.465 e. The smallest absolute Gasteiger partial charge is 0.337 e. The summed E-state index contributed by atoms with van der Waals surface area (Å²) in [5.41, 5.74) is 3.17. The molecule has 1 N–H and O–H groups in total. The van der Waals surface area contributed by atoms with E-state index in [1.54, 1.807) is 13.8 Å². The number of carbonyl (C=O) groups is 2. The van der Waals surface area contributed by atoms with Gasteiger partial charge in [0.25, 0.3) is 0 Å². The van der Waals surface area contributed by atoms with E-state index in [0.29, 0.717) is 28.5 Å². The highest BCUT2D eigenvalue weighted by atomic mass is 32.2. The molecule has 1 aliphatic rings. The van der Waals surface area contributed by atoms with Crippen molar-refractivity contribution < 1.29 is 19.1 Å². The van der Waals surface area contributed by atoms with Crippen LogP contribution in [-0.2, 0) is 19.1 Å². The minimum absolute atomic E-state index is 0.0610. The van der Waals surface area contributed by atoms with Crippen molar-refractivity contribution in [1.29, 1.82) is 5.26 Å². The summed E-state index contributed by atoms with van der Waals surface area (Å²) in [7, 11) is 0. The van der Waals surface area contributed by atoms with Gasteiger partial charge in [0.2, 0.25) is 0 Å². The molecule has 0 saturated carbocycles. The Balaban J connectivity index is 2.48. The van der Waals surface area contributed by atoms with E-state index < -0.39 is 11.9 Å². The monoisotopic (exact) mass is 412 g/mol. The van der Waals surface area contributed by atoms with Gasteiger partial charge in [0.15, 0.2) is 0 Å². The number of thioether (sulfide) groups is 1. The third-order valence-electron chi connectivity index (χ3n) is 4.25. The molecule has 1 aromatic rings. The maximum Gasteiger partial charge on any atom is 0.337 e. The number of nitriles is 1. The lowest BCUT2D eigenvalue weighted by atomic mass is 9.82. The Morgan fingerprint density at radius 3 is 2.55 bits per heavy atom. The van der Waals surface area contributed by atoms with Gasteiger partial charge in [0, 0.05) is 5.70 Å². The highest BCUT2D eigenvalue weighted by Gasteiger charge is 2.35. The number of nitrogens with zero attached hydrogens (tertiary/aromatic N) is 1. The Bertz CT molecular complexity index is 894. The highest BCUT2D eigenvalue weighted by molar-refractivity contribution is 8.03. The van der Waals surface area contributed by atoms with Crippen LogP contribution in [0.4, 0.5) is 0 Å². The van der Waals surface area contributed by atoms with Crippen LogP contribution < -0.4 is 5.32 Å². The van der Waals surface area contributed by atoms with Gasteiger partial charge in [-0.3, -0.25) is 4.79 Å². The van der Waals surface area contributed by atoms with Crippen LogP contribution in [0, 0.1) is 18.3 Å². The second-order valence-corrected chi connectivity index (χ2v) is 7.33. The van der Waals surface area contributed by atoms with Crippen LogP contribution in [0.1, 0.15) is 30.9 Å². The Hall–Kier alpha value is -2.98. The summed E-state index contributed by atoms with van der Waals surface area (Å²) in [4.78, 5) is 24.5. The number of ether oxygens (including phenoxy) is 2. The van der Waals surface area contributed by atoms with E-state index in [1.807, 2.05) is 31.2 Å². The molecule has 0 aromatic heterocycles. The molecular weight excluding hydrogens is 388 g/mol. The van der Waals surface area contributed by atoms with E-state index >= 15 is 0 Å². The summed E-state index contributed by atoms with van der Waals surface area (Å²) in [5.74, 6) is -1.41. The average Bonchev–Trinajstić information content (AvgIpc) is 2.70. The van der Waals surface area contributed by atoms with Crippen LogP contribution in [-0.4, -0.2) is 30.9 Å². The van der Waals surface area contributed by atoms with Crippen LogP contribution in [0.5, 0.6) is 0 Å². The number of allylic oxidation sites excluding steroid dienone is 2. The van der Waals surface area contributed by atoms with Gasteiger partial charge in [-0.25, -0.2) is 4.79 Å². The standard InChI is InChI=1S/C22H24N2O4S/c1-5-11-28-22(26)19-15(4)24-21(29-13-18(25)27-6-2)17(12-23)20(19)16-9-7-14(3)8-10-16/h5,7-10,20,24H,1,6,11,13H2,2-4H3/t20-/m0/s1. The van der Waals surface area contributed by atoms with Crippen LogP contribution in [0.25, 0.3) is 0 Å². The molecule has 152 valence electrons. The van der Waals surface area contributed by atoms with E-state index in [9.17, 15) is 14.9 Å². The molecule has 0 fully saturated rings. The van der Waals surface area contributed by atoms with E-state index in [4.69, 9.17) is 9.47 Å². The van der Waals surface area contributed by atoms with Gasteiger partial charge in [-0.15, -0.1) is 0 Å². The second-order valence-electron chi connectivity index (χ2n) is 6.34. The minimum Gasteiger partial charge on any atom is -0.465 e. The third-order valence-corrected chi connectivity index (χ3v) is 5.24. The fraction of sp³-hybridized carbons (Fsp3) is 0.318. The summed E-state index contributed by atoms with van der Waals surface area (Å²) in [5, 5.41) is 13.5. The zero-order chi connectivity index (χ0) is 21.4. The van der Waals surface area contributed by atoms with Crippen molar-refractivity contribution in [1.82, 2.24) is 5.32 Å². The molecule has 6 nitrogen and oxygen atoms in total. The van der Waals surface area contributed by atoms with Gasteiger partial charge in [-0.05, 0) is 26.3 Å². The zero-order valence-corrected chi connectivity index (χ0v) is 17.6. The lowest BCUT2D eigenvalue weighted by molar-refractivity contribution is -0.140. The van der Waals surface area contributed by atoms with Crippen molar-refractivity contribution in [2.45, 2.75) is 26.7 Å². The summed E-state index contributed by atoms with van der Waals surface area (Å²) in [6.45, 7) is 9.39. The fourth-order valence-electron chi connectivity index (χ4n) is 2.94. The second kappa shape index (κ2) is 10.5. The predicted octanol–water partition coefficient (Wildman–Crippen LogP) is 3.72. The normalized spacial score (nSPS) is 16.0. The topological polar surface area (TPSA) is 88.4 Å². The van der Waals surface area contributed by atoms with Crippen molar-refractivity contribution in [2.24, 2.45) is 0 Å². The van der Waals surface area contributed by atoms with Crippen LogP contribution in [0.2, 0.25) is 0 Å². The first-order valence-corrected chi connectivity index (χ1v) is 10.2. The lowest BCUT2D eigenvalue weighted by Gasteiger charge is -2.29. The Morgan fingerprint density at radius 1 is 1.28 bits per heavy atom. The molecule has 1 aliphatic heterocycles. The first-order valence-electron chi connectivity index (χ1n) is 9.17. The molecule has 0 amide bonds. The van der Waals surface area contributed by atoms with E-state index in [-0.39, 0.29) is 18.3 Å². The van der Waals surface area contributed by atoms with Crippen LogP contribution in [0.3, 0.4) is 0 Å². The number of benzene rings is 1. The summed E-state index contributed by atoms with van der Waals surface area (Å²) >= 11 is 1.18. The first kappa shape index (κ1) is 22.3. The quantitative estimate of drug-likeness (QED) is 0.514. The van der Waals surface area contributed by atoms with Crippen molar-refractivity contribution >= 4 is 23.7 Å². The average molecular weight is 413 g/mol. The molecule has 0 bridgehead atoms. The van der Waals surface area contributed by atoms with E-state index in [2.05, 4.69) is 18.0 Å². The summed E-state index contributed by atoms with van der Waals surface area (Å²) < 4.78 is 10.2. The number of esters is 2. The number of nitrogens with one attached hydrogen (secondary N) is 1. The van der Waals surface area contributed by atoms with E-state index in [0.717, 1.165) is 11.1 Å². The van der Waals surface area contributed by atoms with Crippen LogP contribution in [0.15, 0.2) is 58.8 Å². The number of rotatable bonds is 8. The third kappa shape index (κ3) is 5.52. The SMILES string of the molecule is C=CCOC(=O)C1=C(C)NC(SCC(=O)OCC)=C(C#N)[C@@H]1c1ccc(C)cc1. The molecule has 0 spiro atoms.